The van der Waals surface area contributed by atoms with Crippen LogP contribution in [0.5, 0.6) is 0 Å². The van der Waals surface area contributed by atoms with Gasteiger partial charge in [-0.3, -0.25) is 0 Å². The molecule has 6 rings (SSSR count). The molecule has 2 aliphatic rings. The van der Waals surface area contributed by atoms with Gasteiger partial charge in [0.05, 0.1) is 22.3 Å². The normalized spacial score (nSPS) is 39.7. The van der Waals surface area contributed by atoms with Crippen molar-refractivity contribution in [2.75, 3.05) is 49.8 Å². The SMILES string of the molecule is [2H]Cl.[2H]c1nc(N(C([2H])([2H])[2H])[C@@]2([2H])C([2H])([2H])N(C(=O)OC(C)(C)C)CC[C@@]2([2H])C([2H])([2H])[2H])c2cc[nH]c2n1.[2H]c1nc(N(C([2H])([2H])[2H])[C@@]2([2H])C([2H])([2H])NCC[C@@]2([2H])C([2H])([2H])[2H])c2cc[nH]c2n1. The van der Waals surface area contributed by atoms with Crippen LogP contribution in [-0.2, 0) is 4.74 Å². The fraction of sp³-hybridized carbons (Fsp3) is 0.581. The molecule has 0 aromatic carbocycles. The number of halogens is 1. The zero-order valence-corrected chi connectivity index (χ0v) is 24.7. The van der Waals surface area contributed by atoms with Crippen molar-refractivity contribution in [3.63, 3.8) is 0 Å². The van der Waals surface area contributed by atoms with Crippen molar-refractivity contribution in [3.8, 4) is 0 Å². The van der Waals surface area contributed by atoms with E-state index in [1.807, 2.05) is 0 Å². The second-order valence-electron chi connectivity index (χ2n) is 10.4. The van der Waals surface area contributed by atoms with Crippen molar-refractivity contribution in [1.82, 2.24) is 40.1 Å². The van der Waals surface area contributed by atoms with Gasteiger partial charge in [0.25, 0.3) is 0 Å². The molecule has 0 bridgehead atoms. The number of likely N-dealkylation sites (tertiary alicyclic amines) is 1. The Morgan fingerprint density at radius 3 is 2.18 bits per heavy atom. The Kier molecular flexibility index (Phi) is 4.51. The third kappa shape index (κ3) is 7.35. The summed E-state index contributed by atoms with van der Waals surface area (Å²) in [6.45, 7) is -15.9. The van der Waals surface area contributed by atoms with Crippen molar-refractivity contribution < 1.29 is 39.7 Å². The average molecular weight is 650 g/mol. The quantitative estimate of drug-likeness (QED) is 0.284. The van der Waals surface area contributed by atoms with E-state index in [0.29, 0.717) is 4.90 Å². The van der Waals surface area contributed by atoms with E-state index in [4.69, 9.17) is 34.7 Å². The number of ether oxygens (including phenoxy) is 1. The van der Waals surface area contributed by atoms with Crippen LogP contribution in [0.4, 0.5) is 16.4 Å². The molecular weight excluding hydrogens is 580 g/mol. The maximum absolute atomic E-state index is 13.0. The van der Waals surface area contributed by atoms with E-state index in [2.05, 4.69) is 47.5 Å². The first-order chi connectivity index (χ1) is 30.1. The number of rotatable bonds is 4. The fourth-order valence-electron chi connectivity index (χ4n) is 4.14. The lowest BCUT2D eigenvalue weighted by molar-refractivity contribution is 0.0165. The summed E-state index contributed by atoms with van der Waals surface area (Å²) in [5, 5.41) is 2.35. The maximum atomic E-state index is 13.0. The lowest BCUT2D eigenvalue weighted by Gasteiger charge is -2.42. The first-order valence-electron chi connectivity index (χ1n) is 24.5. The van der Waals surface area contributed by atoms with E-state index in [1.165, 1.54) is 45.3 Å². The highest BCUT2D eigenvalue weighted by molar-refractivity contribution is 5.88. The number of carbonyl (C=O) groups excluding carboxylic acids is 1. The highest BCUT2D eigenvalue weighted by Crippen LogP contribution is 2.29. The van der Waals surface area contributed by atoms with Gasteiger partial charge in [0, 0.05) is 73.8 Å². The van der Waals surface area contributed by atoms with Gasteiger partial charge >= 0.3 is 6.09 Å². The smallest absolute Gasteiger partial charge is 0.410 e. The number of piperidine rings is 2. The third-order valence-corrected chi connectivity index (χ3v) is 6.16. The Morgan fingerprint density at radius 2 is 1.61 bits per heavy atom. The summed E-state index contributed by atoms with van der Waals surface area (Å²) in [4.78, 5) is 34.3. The first kappa shape index (κ1) is 14.2. The van der Waals surface area contributed by atoms with Crippen LogP contribution in [-0.4, -0.2) is 99.7 Å². The summed E-state index contributed by atoms with van der Waals surface area (Å²) in [6.07, 6.45) is -1.11. The summed E-state index contributed by atoms with van der Waals surface area (Å²) in [5.41, 5.74) is -1.05. The molecule has 0 radical (unpaired) electrons. The molecule has 4 aromatic heterocycles. The Balaban J connectivity index is 0.000000288. The molecule has 12 nitrogen and oxygen atoms in total. The standard InChI is InChI=1S/C18H27N5O2.C13H19N5.ClH/c1-12-7-9-23(17(24)25-18(2,3)4)10-14(12)22(5)16-13-6-8-19-15(13)20-11-21-16;1-9-3-5-14-7-11(9)18(2)13-10-4-6-15-12(10)16-8-17-13;/h6,8,11-12,14H,7,9-10H2,1-5H3,(H,19,20,21);4,6,8-9,11,14H,3,5,7H2,1-2H3,(H,15,16,17);1H/t12-,14+;9-,11+;/m11./s1/i1D3,5D3,10D2,11D,12D,14D;1D3,2D3,7D2,8D,9D,11D;/hD. The van der Waals surface area contributed by atoms with Gasteiger partial charge in [0.15, 0.2) is 0 Å². The number of fused-ring (bicyclic) bond motifs is 2. The lowest BCUT2D eigenvalue weighted by atomic mass is 9.92. The molecular formula is C31H47ClN10O2. The summed E-state index contributed by atoms with van der Waals surface area (Å²) < 4.78 is 192. The summed E-state index contributed by atoms with van der Waals surface area (Å²) in [5.74, 6) is -7.09. The van der Waals surface area contributed by atoms with Crippen molar-refractivity contribution in [1.29, 1.82) is 1.17 Å². The number of anilines is 2. The second kappa shape index (κ2) is 14.0. The van der Waals surface area contributed by atoms with Gasteiger partial charge < -0.3 is 34.7 Å². The molecule has 6 heterocycles. The summed E-state index contributed by atoms with van der Waals surface area (Å²) >= 11 is 3.89. The molecule has 13 heteroatoms. The van der Waals surface area contributed by atoms with Crippen molar-refractivity contribution in [2.45, 2.75) is 65.0 Å². The first-order valence-corrected chi connectivity index (χ1v) is 13.1. The van der Waals surface area contributed by atoms with Gasteiger partial charge in [-0.15, -0.1) is 12.3 Å². The molecule has 0 aliphatic carbocycles. The molecule has 2 aliphatic heterocycles. The minimum Gasteiger partial charge on any atom is -0.444 e. The van der Waals surface area contributed by atoms with Crippen LogP contribution in [0.2, 0.25) is 0 Å². The number of H-pyrrole nitrogens is 2. The van der Waals surface area contributed by atoms with Crippen LogP contribution in [0, 0.1) is 11.8 Å². The highest BCUT2D eigenvalue weighted by atomic mass is 35.5. The highest BCUT2D eigenvalue weighted by Gasteiger charge is 2.34. The average Bonchev–Trinajstić information content (AvgIpc) is 3.81. The molecule has 0 saturated carbocycles. The predicted molar refractivity (Wildman–Crippen MR) is 178 cm³/mol. The fourth-order valence-corrected chi connectivity index (χ4v) is 4.14. The Morgan fingerprint density at radius 1 is 1.02 bits per heavy atom. The van der Waals surface area contributed by atoms with E-state index < -0.39 is 120 Å². The summed E-state index contributed by atoms with van der Waals surface area (Å²) in [7, 11) is 0. The molecule has 4 aromatic rings. The minimum absolute atomic E-state index is 0.0207. The van der Waals surface area contributed by atoms with Crippen LogP contribution in [0.3, 0.4) is 0 Å². The number of aromatic amines is 2. The van der Waals surface area contributed by atoms with Crippen LogP contribution >= 0.6 is 12.3 Å². The van der Waals surface area contributed by atoms with Gasteiger partial charge in [-0.2, -0.15) is 0 Å². The Bertz CT molecular complexity index is 2420. The third-order valence-electron chi connectivity index (χ3n) is 6.16. The molecule has 4 atom stereocenters. The molecule has 0 spiro atoms. The number of nitrogens with one attached hydrogen (secondary N) is 3. The zero-order chi connectivity index (χ0) is 51.7. The number of hydrogen-bond donors (Lipinski definition) is 3. The number of aromatic nitrogens is 6. The van der Waals surface area contributed by atoms with E-state index in [1.54, 1.807) is 0 Å². The molecule has 44 heavy (non-hydrogen) atoms. The molecule has 0 unspecified atom stereocenters. The largest absolute Gasteiger partial charge is 0.444 e. The topological polar surface area (TPSA) is 131 Å². The number of carbonyl (C=O) groups is 1. The van der Waals surface area contributed by atoms with E-state index in [9.17, 15) is 6.17 Å². The minimum atomic E-state index is -3.50. The second-order valence-corrected chi connectivity index (χ2v) is 10.4. The predicted octanol–water partition coefficient (Wildman–Crippen LogP) is 4.85. The van der Waals surface area contributed by atoms with Crippen molar-refractivity contribution in [2.24, 2.45) is 11.8 Å². The van der Waals surface area contributed by atoms with Crippen molar-refractivity contribution in [3.05, 3.63) is 37.1 Å². The van der Waals surface area contributed by atoms with E-state index in [-0.39, 0.29) is 38.4 Å². The molecule has 1 amide bonds. The molecule has 2 saturated heterocycles. The summed E-state index contributed by atoms with van der Waals surface area (Å²) in [6, 6.07) is -3.98. The molecule has 3 N–H and O–H groups in total. The van der Waals surface area contributed by atoms with Crippen molar-refractivity contribution >= 4 is 52.1 Å². The number of nitrogens with zero attached hydrogens (tertiary/aromatic N) is 7. The van der Waals surface area contributed by atoms with Gasteiger partial charge in [-0.25, -0.2) is 24.7 Å². The van der Waals surface area contributed by atoms with Crippen LogP contribution < -0.4 is 15.1 Å². The van der Waals surface area contributed by atoms with Crippen LogP contribution in [0.1, 0.15) is 77.5 Å². The van der Waals surface area contributed by atoms with Gasteiger partial charge in [0.2, 0.25) is 0 Å². The van der Waals surface area contributed by atoms with Gasteiger partial charge in [0.1, 0.15) is 45.1 Å². The zero-order valence-electron chi connectivity index (χ0n) is 47.0. The Labute approximate surface area is 297 Å². The maximum Gasteiger partial charge on any atom is 0.410 e. The number of hydrogen-bond acceptors (Lipinski definition) is 9. The lowest BCUT2D eigenvalue weighted by Crippen LogP contribution is -2.53. The molecule has 240 valence electrons. The van der Waals surface area contributed by atoms with Gasteiger partial charge in [-0.1, -0.05) is 13.7 Å². The van der Waals surface area contributed by atoms with Crippen LogP contribution in [0.25, 0.3) is 22.1 Å². The van der Waals surface area contributed by atoms with Gasteiger partial charge in [-0.05, 0) is 64.1 Å². The molecule has 2 fully saturated rings. The Hall–Kier alpha value is -3.64. The van der Waals surface area contributed by atoms with E-state index in [0.717, 1.165) is 0 Å². The number of amides is 1. The van der Waals surface area contributed by atoms with E-state index >= 15 is 0 Å². The monoisotopic (exact) mass is 650 g/mol. The number of likely N-dealkylation sites (N-methyl/N-ethyl adjacent to an activating group) is 2. The van der Waals surface area contributed by atoms with Crippen LogP contribution in [0.15, 0.2) is 37.1 Å².